The Morgan fingerprint density at radius 1 is 1.47 bits per heavy atom. The molecule has 1 aromatic carbocycles. The van der Waals surface area contributed by atoms with Crippen LogP contribution < -0.4 is 11.1 Å². The predicted molar refractivity (Wildman–Crippen MR) is 73.3 cm³/mol. The van der Waals surface area contributed by atoms with Crippen LogP contribution in [0.3, 0.4) is 0 Å². The van der Waals surface area contributed by atoms with Gasteiger partial charge in [0.2, 0.25) is 0 Å². The Balaban J connectivity index is 2.23. The van der Waals surface area contributed by atoms with E-state index in [0.717, 1.165) is 11.4 Å². The van der Waals surface area contributed by atoms with Crippen LogP contribution in [0.25, 0.3) is 0 Å². The molecule has 3 N–H and O–H groups in total. The second-order valence-corrected chi connectivity index (χ2v) is 4.05. The minimum atomic E-state index is -0.421. The Hall–Kier alpha value is -2.50. The van der Waals surface area contributed by atoms with Gasteiger partial charge in [-0.25, -0.2) is 4.79 Å². The molecule has 6 heteroatoms. The third-order valence-electron chi connectivity index (χ3n) is 2.54. The molecule has 0 saturated carbocycles. The number of anilines is 3. The summed E-state index contributed by atoms with van der Waals surface area (Å²) in [5.74, 6) is -0.421. The van der Waals surface area contributed by atoms with E-state index in [2.05, 4.69) is 10.4 Å². The number of aryl methyl sites for hydroxylation is 1. The average Bonchev–Trinajstić information content (AvgIpc) is 2.77. The van der Waals surface area contributed by atoms with Crippen molar-refractivity contribution in [3.8, 4) is 0 Å². The van der Waals surface area contributed by atoms with Crippen molar-refractivity contribution in [1.29, 1.82) is 0 Å². The average molecular weight is 260 g/mol. The summed E-state index contributed by atoms with van der Waals surface area (Å²) < 4.78 is 6.64. The van der Waals surface area contributed by atoms with E-state index in [1.807, 2.05) is 13.2 Å². The van der Waals surface area contributed by atoms with E-state index in [1.165, 1.54) is 0 Å². The molecule has 0 spiro atoms. The van der Waals surface area contributed by atoms with Gasteiger partial charge < -0.3 is 15.8 Å². The summed E-state index contributed by atoms with van der Waals surface area (Å²) >= 11 is 0. The van der Waals surface area contributed by atoms with Crippen LogP contribution in [0.2, 0.25) is 0 Å². The molecule has 0 bridgehead atoms. The maximum Gasteiger partial charge on any atom is 0.340 e. The van der Waals surface area contributed by atoms with Crippen molar-refractivity contribution in [2.75, 3.05) is 17.7 Å². The zero-order valence-electron chi connectivity index (χ0n) is 10.9. The van der Waals surface area contributed by atoms with Gasteiger partial charge in [0.25, 0.3) is 0 Å². The van der Waals surface area contributed by atoms with Crippen LogP contribution in [0.15, 0.2) is 30.6 Å². The normalized spacial score (nSPS) is 10.2. The quantitative estimate of drug-likeness (QED) is 0.648. The lowest BCUT2D eigenvalue weighted by atomic mass is 10.1. The number of nitrogens with two attached hydrogens (primary N) is 1. The molecule has 1 aromatic heterocycles. The number of nitrogens with one attached hydrogen (secondary N) is 1. The molecule has 0 aliphatic rings. The first-order chi connectivity index (χ1) is 9.10. The molecule has 2 aromatic rings. The lowest BCUT2D eigenvalue weighted by molar-refractivity contribution is 0.0527. The highest BCUT2D eigenvalue weighted by Gasteiger charge is 2.11. The van der Waals surface area contributed by atoms with Crippen LogP contribution in [-0.4, -0.2) is 22.4 Å². The lowest BCUT2D eigenvalue weighted by Gasteiger charge is -2.09. The molecule has 0 unspecified atom stereocenters. The summed E-state index contributed by atoms with van der Waals surface area (Å²) in [5.41, 5.74) is 8.12. The third kappa shape index (κ3) is 3.04. The van der Waals surface area contributed by atoms with Crippen molar-refractivity contribution in [2.24, 2.45) is 7.05 Å². The van der Waals surface area contributed by atoms with Crippen molar-refractivity contribution < 1.29 is 9.53 Å². The van der Waals surface area contributed by atoms with Gasteiger partial charge in [0, 0.05) is 24.6 Å². The molecule has 0 atom stereocenters. The van der Waals surface area contributed by atoms with E-state index in [1.54, 1.807) is 36.0 Å². The van der Waals surface area contributed by atoms with Crippen LogP contribution in [0.5, 0.6) is 0 Å². The van der Waals surface area contributed by atoms with E-state index >= 15 is 0 Å². The van der Waals surface area contributed by atoms with Crippen LogP contribution in [0.4, 0.5) is 17.1 Å². The number of ether oxygens (including phenoxy) is 1. The van der Waals surface area contributed by atoms with Crippen molar-refractivity contribution in [1.82, 2.24) is 9.78 Å². The van der Waals surface area contributed by atoms with Crippen molar-refractivity contribution in [2.45, 2.75) is 6.92 Å². The molecule has 1 heterocycles. The van der Waals surface area contributed by atoms with Gasteiger partial charge in [0.05, 0.1) is 24.1 Å². The van der Waals surface area contributed by atoms with Gasteiger partial charge in [0.1, 0.15) is 0 Å². The molecule has 0 saturated heterocycles. The van der Waals surface area contributed by atoms with Gasteiger partial charge in [-0.3, -0.25) is 4.68 Å². The van der Waals surface area contributed by atoms with Gasteiger partial charge in [-0.05, 0) is 25.1 Å². The molecule has 0 amide bonds. The highest BCUT2D eigenvalue weighted by atomic mass is 16.5. The summed E-state index contributed by atoms with van der Waals surface area (Å²) in [6.07, 6.45) is 3.53. The number of hydrogen-bond acceptors (Lipinski definition) is 5. The molecule has 0 radical (unpaired) electrons. The van der Waals surface area contributed by atoms with Crippen molar-refractivity contribution in [3.63, 3.8) is 0 Å². The minimum Gasteiger partial charge on any atom is -0.462 e. The molecule has 0 fully saturated rings. The predicted octanol–water partition coefficient (Wildman–Crippen LogP) is 1.92. The van der Waals surface area contributed by atoms with Crippen molar-refractivity contribution in [3.05, 3.63) is 36.2 Å². The monoisotopic (exact) mass is 260 g/mol. The summed E-state index contributed by atoms with van der Waals surface area (Å²) in [6, 6.07) is 5.14. The highest BCUT2D eigenvalue weighted by Crippen LogP contribution is 2.22. The maximum atomic E-state index is 11.7. The number of aromatic nitrogens is 2. The zero-order valence-corrected chi connectivity index (χ0v) is 10.9. The number of hydrogen-bond donors (Lipinski definition) is 2. The molecule has 6 nitrogen and oxygen atoms in total. The second-order valence-electron chi connectivity index (χ2n) is 4.05. The fraction of sp³-hybridized carbons (Fsp3) is 0.231. The second kappa shape index (κ2) is 5.43. The van der Waals surface area contributed by atoms with E-state index in [0.29, 0.717) is 17.9 Å². The first kappa shape index (κ1) is 12.9. The summed E-state index contributed by atoms with van der Waals surface area (Å²) in [7, 11) is 1.83. The Morgan fingerprint density at radius 2 is 2.26 bits per heavy atom. The Kier molecular flexibility index (Phi) is 3.70. The molecule has 100 valence electrons. The van der Waals surface area contributed by atoms with Crippen LogP contribution >= 0.6 is 0 Å². The van der Waals surface area contributed by atoms with E-state index in [-0.39, 0.29) is 0 Å². The SMILES string of the molecule is CCOC(=O)c1cc(Nc2cnn(C)c2)ccc1N. The van der Waals surface area contributed by atoms with Gasteiger partial charge >= 0.3 is 5.97 Å². The van der Waals surface area contributed by atoms with E-state index < -0.39 is 5.97 Å². The number of nitrogen functional groups attached to an aromatic ring is 1. The Morgan fingerprint density at radius 3 is 2.89 bits per heavy atom. The maximum absolute atomic E-state index is 11.7. The fourth-order valence-corrected chi connectivity index (χ4v) is 1.67. The minimum absolute atomic E-state index is 0.318. The molecular formula is C13H16N4O2. The van der Waals surface area contributed by atoms with Gasteiger partial charge in [-0.15, -0.1) is 0 Å². The highest BCUT2D eigenvalue weighted by molar-refractivity contribution is 5.96. The number of esters is 1. The zero-order chi connectivity index (χ0) is 13.8. The van der Waals surface area contributed by atoms with Gasteiger partial charge in [-0.2, -0.15) is 5.10 Å². The first-order valence-electron chi connectivity index (χ1n) is 5.92. The summed E-state index contributed by atoms with van der Waals surface area (Å²) in [5, 5.41) is 7.20. The van der Waals surface area contributed by atoms with Crippen LogP contribution in [-0.2, 0) is 11.8 Å². The van der Waals surface area contributed by atoms with Gasteiger partial charge in [0.15, 0.2) is 0 Å². The standard InChI is InChI=1S/C13H16N4O2/c1-3-19-13(18)11-6-9(4-5-12(11)14)16-10-7-15-17(2)8-10/h4-8,16H,3,14H2,1-2H3. The lowest BCUT2D eigenvalue weighted by Crippen LogP contribution is -2.08. The fourth-order valence-electron chi connectivity index (χ4n) is 1.67. The number of rotatable bonds is 4. The van der Waals surface area contributed by atoms with Crippen LogP contribution in [0, 0.1) is 0 Å². The molecule has 0 aliphatic carbocycles. The number of benzene rings is 1. The molecular weight excluding hydrogens is 244 g/mol. The molecule has 2 rings (SSSR count). The third-order valence-corrected chi connectivity index (χ3v) is 2.54. The number of carbonyl (C=O) groups excluding carboxylic acids is 1. The first-order valence-corrected chi connectivity index (χ1v) is 5.92. The number of carbonyl (C=O) groups is 1. The Bertz CT molecular complexity index is 592. The van der Waals surface area contributed by atoms with E-state index in [4.69, 9.17) is 10.5 Å². The smallest absolute Gasteiger partial charge is 0.340 e. The Labute approximate surface area is 111 Å². The summed E-state index contributed by atoms with van der Waals surface area (Å²) in [4.78, 5) is 11.7. The summed E-state index contributed by atoms with van der Waals surface area (Å²) in [6.45, 7) is 2.07. The largest absolute Gasteiger partial charge is 0.462 e. The molecule has 0 aliphatic heterocycles. The molecule has 19 heavy (non-hydrogen) atoms. The topological polar surface area (TPSA) is 82.2 Å². The van der Waals surface area contributed by atoms with Crippen molar-refractivity contribution >= 4 is 23.0 Å². The van der Waals surface area contributed by atoms with Gasteiger partial charge in [-0.1, -0.05) is 0 Å². The number of nitrogens with zero attached hydrogens (tertiary/aromatic N) is 2. The van der Waals surface area contributed by atoms with Crippen LogP contribution in [0.1, 0.15) is 17.3 Å². The van der Waals surface area contributed by atoms with E-state index in [9.17, 15) is 4.79 Å².